The summed E-state index contributed by atoms with van der Waals surface area (Å²) in [4.78, 5) is -1.93. The van der Waals surface area contributed by atoms with E-state index in [9.17, 15) is 0 Å². The zero-order chi connectivity index (χ0) is 34.4. The number of halogens is 2. The van der Waals surface area contributed by atoms with Gasteiger partial charge in [0.2, 0.25) is 0 Å². The molecule has 0 aromatic heterocycles. The summed E-state index contributed by atoms with van der Waals surface area (Å²) in [7, 11) is 6.58. The second kappa shape index (κ2) is 14.6. The minimum Gasteiger partial charge on any atom is -0.497 e. The monoisotopic (exact) mass is 690 g/mol. The van der Waals surface area contributed by atoms with E-state index in [0.717, 1.165) is 56.4 Å². The summed E-state index contributed by atoms with van der Waals surface area (Å²) in [6.45, 7) is 0. The van der Waals surface area contributed by atoms with Gasteiger partial charge < -0.3 is 23.7 Å². The summed E-state index contributed by atoms with van der Waals surface area (Å²) < 4.78 is 27.9. The predicted octanol–water partition coefficient (Wildman–Crippen LogP) is 10.6. The second-order valence-electron chi connectivity index (χ2n) is 11.4. The Morgan fingerprint density at radius 3 is 0.612 bits per heavy atom. The van der Waals surface area contributed by atoms with Gasteiger partial charge in [0, 0.05) is 0 Å². The van der Waals surface area contributed by atoms with Gasteiger partial charge in [-0.2, -0.15) is 0 Å². The number of ether oxygens (including phenoxy) is 5. The van der Waals surface area contributed by atoms with Crippen LogP contribution in [0.2, 0.25) is 0 Å². The second-order valence-corrected chi connectivity index (χ2v) is 12.5. The van der Waals surface area contributed by atoms with Crippen molar-refractivity contribution in [2.24, 2.45) is 0 Å². The Morgan fingerprint density at radius 2 is 0.449 bits per heavy atom. The van der Waals surface area contributed by atoms with Gasteiger partial charge in [-0.05, 0) is 106 Å². The van der Waals surface area contributed by atoms with E-state index in [2.05, 4.69) is 0 Å². The predicted molar refractivity (Wildman–Crippen MR) is 196 cm³/mol. The first kappa shape index (κ1) is 33.8. The van der Waals surface area contributed by atoms with E-state index < -0.39 is 9.75 Å². The normalized spacial score (nSPS) is 11.5. The zero-order valence-electron chi connectivity index (χ0n) is 27.7. The average Bonchev–Trinajstić information content (AvgIpc) is 3.18. The maximum atomic E-state index is 7.57. The van der Waals surface area contributed by atoms with Crippen LogP contribution in [-0.4, -0.2) is 28.4 Å². The van der Waals surface area contributed by atoms with Crippen molar-refractivity contribution in [3.8, 4) is 34.5 Å². The number of benzene rings is 6. The molecular weight excluding hydrogens is 655 g/mol. The highest BCUT2D eigenvalue weighted by molar-refractivity contribution is 6.28. The van der Waals surface area contributed by atoms with Crippen LogP contribution in [0.5, 0.6) is 34.5 Å². The van der Waals surface area contributed by atoms with E-state index in [0.29, 0.717) is 11.5 Å². The Bertz CT molecular complexity index is 1710. The van der Waals surface area contributed by atoms with E-state index in [-0.39, 0.29) is 0 Å². The van der Waals surface area contributed by atoms with Gasteiger partial charge in [0.25, 0.3) is 0 Å². The molecule has 0 amide bonds. The van der Waals surface area contributed by atoms with Gasteiger partial charge in [-0.15, -0.1) is 23.2 Å². The summed E-state index contributed by atoms with van der Waals surface area (Å²) in [5, 5.41) is 0. The van der Waals surface area contributed by atoms with Crippen molar-refractivity contribution in [2.75, 3.05) is 28.4 Å². The molecule has 6 rings (SSSR count). The van der Waals surface area contributed by atoms with Gasteiger partial charge in [-0.25, -0.2) is 0 Å². The van der Waals surface area contributed by atoms with Gasteiger partial charge in [0.05, 0.1) is 28.4 Å². The molecule has 248 valence electrons. The molecule has 0 radical (unpaired) electrons. The van der Waals surface area contributed by atoms with Crippen molar-refractivity contribution in [1.82, 2.24) is 0 Å². The number of rotatable bonds is 12. The lowest BCUT2D eigenvalue weighted by Gasteiger charge is -2.30. The molecule has 0 atom stereocenters. The Hall–Kier alpha value is -5.10. The summed E-state index contributed by atoms with van der Waals surface area (Å²) in [5.41, 5.74) is 5.40. The van der Waals surface area contributed by atoms with E-state index in [4.69, 9.17) is 46.9 Å². The molecule has 6 aromatic carbocycles. The molecule has 0 unspecified atom stereocenters. The van der Waals surface area contributed by atoms with Crippen molar-refractivity contribution >= 4 is 23.2 Å². The highest BCUT2D eigenvalue weighted by Gasteiger charge is 2.35. The van der Waals surface area contributed by atoms with Gasteiger partial charge in [-0.1, -0.05) is 72.8 Å². The maximum absolute atomic E-state index is 7.57. The third-order valence-electron chi connectivity index (χ3n) is 8.69. The van der Waals surface area contributed by atoms with E-state index in [1.807, 2.05) is 146 Å². The molecule has 0 aliphatic rings. The molecule has 0 fully saturated rings. The Morgan fingerprint density at radius 1 is 0.286 bits per heavy atom. The first-order valence-corrected chi connectivity index (χ1v) is 16.4. The van der Waals surface area contributed by atoms with Crippen LogP contribution in [0.4, 0.5) is 0 Å². The van der Waals surface area contributed by atoms with Gasteiger partial charge >= 0.3 is 0 Å². The van der Waals surface area contributed by atoms with Gasteiger partial charge in [-0.3, -0.25) is 0 Å². The van der Waals surface area contributed by atoms with Crippen LogP contribution in [0.15, 0.2) is 146 Å². The summed E-state index contributed by atoms with van der Waals surface area (Å²) >= 11 is 15.1. The fourth-order valence-corrected chi connectivity index (χ4v) is 6.68. The number of hydrogen-bond acceptors (Lipinski definition) is 5. The zero-order valence-corrected chi connectivity index (χ0v) is 29.2. The fraction of sp³-hybridized carbons (Fsp3) is 0.143. The van der Waals surface area contributed by atoms with Crippen molar-refractivity contribution in [1.29, 1.82) is 0 Å². The Balaban J connectivity index is 1.29. The fourth-order valence-electron chi connectivity index (χ4n) is 5.92. The Kier molecular flexibility index (Phi) is 10.0. The van der Waals surface area contributed by atoms with Gasteiger partial charge in [0.15, 0.2) is 0 Å². The average molecular weight is 692 g/mol. The standard InChI is InChI=1S/C42H36Cl2O5/c1-45-35-17-5-29(6-18-35)41(43,30-7-19-36(46-2)20-8-30)33-13-25-39(26-14-33)49-40-27-15-34(16-28-40)42(44,31-9-21-37(47-3)22-10-31)32-11-23-38(48-4)24-12-32/h5-28H,1-4H3. The van der Waals surface area contributed by atoms with Gasteiger partial charge in [0.1, 0.15) is 44.2 Å². The summed E-state index contributed by atoms with van der Waals surface area (Å²) in [6, 6.07) is 46.8. The molecule has 0 spiro atoms. The molecule has 0 saturated heterocycles. The lowest BCUT2D eigenvalue weighted by atomic mass is 9.84. The van der Waals surface area contributed by atoms with Crippen LogP contribution in [0, 0.1) is 0 Å². The first-order valence-electron chi connectivity index (χ1n) is 15.7. The molecule has 0 aliphatic carbocycles. The molecule has 0 N–H and O–H groups in total. The number of hydrogen-bond donors (Lipinski definition) is 0. The molecule has 7 heteroatoms. The minimum atomic E-state index is -0.967. The molecule has 5 nitrogen and oxygen atoms in total. The van der Waals surface area contributed by atoms with Crippen LogP contribution >= 0.6 is 23.2 Å². The van der Waals surface area contributed by atoms with E-state index in [1.54, 1.807) is 28.4 Å². The largest absolute Gasteiger partial charge is 0.497 e. The lowest BCUT2D eigenvalue weighted by Crippen LogP contribution is -2.22. The number of methoxy groups -OCH3 is 4. The topological polar surface area (TPSA) is 46.2 Å². The highest BCUT2D eigenvalue weighted by Crippen LogP contribution is 2.46. The Labute approximate surface area is 297 Å². The van der Waals surface area contributed by atoms with Crippen molar-refractivity contribution in [3.05, 3.63) is 179 Å². The molecule has 6 aromatic rings. The third-order valence-corrected chi connectivity index (χ3v) is 10.0. The third kappa shape index (κ3) is 6.78. The maximum Gasteiger partial charge on any atom is 0.127 e. The number of alkyl halides is 2. The first-order chi connectivity index (χ1) is 23.8. The lowest BCUT2D eigenvalue weighted by molar-refractivity contribution is 0.414. The quantitative estimate of drug-likeness (QED) is 0.0944. The summed E-state index contributed by atoms with van der Waals surface area (Å²) in [6.07, 6.45) is 0. The van der Waals surface area contributed by atoms with Crippen molar-refractivity contribution in [3.63, 3.8) is 0 Å². The van der Waals surface area contributed by atoms with E-state index >= 15 is 0 Å². The highest BCUT2D eigenvalue weighted by atomic mass is 35.5. The molecule has 0 aliphatic heterocycles. The van der Waals surface area contributed by atoms with Crippen LogP contribution in [0.3, 0.4) is 0 Å². The molecular formula is C42H36Cl2O5. The molecule has 0 bridgehead atoms. The molecule has 0 heterocycles. The van der Waals surface area contributed by atoms with Crippen LogP contribution in [-0.2, 0) is 9.75 Å². The van der Waals surface area contributed by atoms with Crippen LogP contribution < -0.4 is 23.7 Å². The van der Waals surface area contributed by atoms with Crippen molar-refractivity contribution in [2.45, 2.75) is 9.75 Å². The summed E-state index contributed by atoms with van der Waals surface area (Å²) in [5.74, 6) is 4.36. The molecule has 0 saturated carbocycles. The van der Waals surface area contributed by atoms with Crippen molar-refractivity contribution < 1.29 is 23.7 Å². The SMILES string of the molecule is COc1ccc(C(Cl)(c2ccc(OC)cc2)c2ccc(Oc3ccc(C(Cl)(c4ccc(OC)cc4)c4ccc(OC)cc4)cc3)cc2)cc1. The smallest absolute Gasteiger partial charge is 0.127 e. The van der Waals surface area contributed by atoms with Crippen LogP contribution in [0.25, 0.3) is 0 Å². The van der Waals surface area contributed by atoms with Crippen LogP contribution in [0.1, 0.15) is 33.4 Å². The van der Waals surface area contributed by atoms with E-state index in [1.165, 1.54) is 0 Å². The minimum absolute atomic E-state index is 0.669. The molecule has 49 heavy (non-hydrogen) atoms.